The van der Waals surface area contributed by atoms with Crippen LogP contribution in [0.2, 0.25) is 0 Å². The van der Waals surface area contributed by atoms with Gasteiger partial charge in [0, 0.05) is 38.9 Å². The first-order chi connectivity index (χ1) is 14.5. The van der Waals surface area contributed by atoms with E-state index in [-0.39, 0.29) is 11.7 Å². The highest BCUT2D eigenvalue weighted by Crippen LogP contribution is 2.29. The van der Waals surface area contributed by atoms with Crippen LogP contribution in [0.3, 0.4) is 0 Å². The molecule has 0 atom stereocenters. The molecule has 1 aliphatic rings. The predicted octanol–water partition coefficient (Wildman–Crippen LogP) is 2.34. The van der Waals surface area contributed by atoms with Crippen LogP contribution in [0.25, 0.3) is 33.3 Å². The number of rotatable bonds is 3. The van der Waals surface area contributed by atoms with Crippen LogP contribution in [0, 0.1) is 0 Å². The molecule has 0 unspecified atom stereocenters. The quantitative estimate of drug-likeness (QED) is 0.566. The molecule has 5 rings (SSSR count). The summed E-state index contributed by atoms with van der Waals surface area (Å²) in [5, 5.41) is 3.38. The molecule has 8 heteroatoms. The maximum atomic E-state index is 13.1. The summed E-state index contributed by atoms with van der Waals surface area (Å²) in [6.45, 7) is 1.83. The monoisotopic (exact) mass is 403 g/mol. The number of pyridine rings is 3. The molecule has 154 valence electrons. The molecule has 0 spiro atoms. The van der Waals surface area contributed by atoms with Crippen molar-refractivity contribution in [1.29, 1.82) is 0 Å². The molecular weight excluding hydrogens is 378 g/mol. The molecule has 8 nitrogen and oxygen atoms in total. The van der Waals surface area contributed by atoms with Crippen molar-refractivity contribution in [2.45, 2.75) is 18.9 Å². The zero-order valence-electron chi connectivity index (χ0n) is 17.5. The molecule has 1 fully saturated rings. The Hall–Kier alpha value is -3.26. The predicted molar refractivity (Wildman–Crippen MR) is 119 cm³/mol. The van der Waals surface area contributed by atoms with Crippen molar-refractivity contribution >= 4 is 27.9 Å². The van der Waals surface area contributed by atoms with Crippen molar-refractivity contribution in [2.75, 3.05) is 32.1 Å². The number of aryl methyl sites for hydroxylation is 1. The molecule has 0 saturated carbocycles. The van der Waals surface area contributed by atoms with Gasteiger partial charge in [-0.2, -0.15) is 0 Å². The lowest BCUT2D eigenvalue weighted by molar-refractivity contribution is 0.366. The van der Waals surface area contributed by atoms with Crippen molar-refractivity contribution in [1.82, 2.24) is 29.4 Å². The average Bonchev–Trinajstić information content (AvgIpc) is 3.04. The molecule has 1 aliphatic heterocycles. The van der Waals surface area contributed by atoms with E-state index >= 15 is 0 Å². The maximum Gasteiger partial charge on any atom is 0.329 e. The second-order valence-electron chi connectivity index (χ2n) is 8.05. The summed E-state index contributed by atoms with van der Waals surface area (Å²) in [5.74, 6) is 0.895. The first-order valence-electron chi connectivity index (χ1n) is 10.3. The molecule has 1 N–H and O–H groups in total. The number of anilines is 1. The standard InChI is InChI=1S/C22H25N7O/c1-27(2)19-7-4-14(12-25-19)16-5-6-17-20(26-16)21-18(13-24-17)28(3)22(30)29(21)15-8-10-23-11-9-15/h4-7,12-13,15,23H,8-11H2,1-3H3. The topological polar surface area (TPSA) is 80.9 Å². The maximum absolute atomic E-state index is 13.1. The van der Waals surface area contributed by atoms with Crippen molar-refractivity contribution in [3.63, 3.8) is 0 Å². The number of nitrogens with zero attached hydrogens (tertiary/aromatic N) is 6. The third-order valence-corrected chi connectivity index (χ3v) is 5.94. The minimum absolute atomic E-state index is 0.00425. The minimum atomic E-state index is -0.00425. The van der Waals surface area contributed by atoms with Gasteiger partial charge >= 0.3 is 5.69 Å². The van der Waals surface area contributed by atoms with E-state index in [0.717, 1.165) is 65.1 Å². The lowest BCUT2D eigenvalue weighted by Gasteiger charge is -2.24. The van der Waals surface area contributed by atoms with Crippen LogP contribution in [0.1, 0.15) is 18.9 Å². The van der Waals surface area contributed by atoms with Gasteiger partial charge in [-0.1, -0.05) is 0 Å². The summed E-state index contributed by atoms with van der Waals surface area (Å²) < 4.78 is 3.62. The molecule has 4 aromatic heterocycles. The Labute approximate surface area is 174 Å². The van der Waals surface area contributed by atoms with E-state index in [1.54, 1.807) is 10.8 Å². The van der Waals surface area contributed by atoms with Gasteiger partial charge in [0.25, 0.3) is 0 Å². The van der Waals surface area contributed by atoms with Gasteiger partial charge in [0.1, 0.15) is 11.3 Å². The summed E-state index contributed by atoms with van der Waals surface area (Å²) in [6.07, 6.45) is 5.48. The molecular formula is C22H25N7O. The first-order valence-corrected chi connectivity index (χ1v) is 10.3. The van der Waals surface area contributed by atoms with Gasteiger partial charge in [0.15, 0.2) is 0 Å². The number of hydrogen-bond acceptors (Lipinski definition) is 6. The van der Waals surface area contributed by atoms with E-state index < -0.39 is 0 Å². The Balaban J connectivity index is 1.73. The molecule has 1 saturated heterocycles. The van der Waals surface area contributed by atoms with E-state index in [9.17, 15) is 4.79 Å². The smallest absolute Gasteiger partial charge is 0.329 e. The van der Waals surface area contributed by atoms with E-state index in [4.69, 9.17) is 4.98 Å². The Morgan fingerprint density at radius 1 is 1.07 bits per heavy atom. The zero-order chi connectivity index (χ0) is 20.8. The SMILES string of the molecule is CN(C)c1ccc(-c2ccc3ncc4c(c3n2)n(C2CCNCC2)c(=O)n4C)cn1. The Bertz CT molecular complexity index is 1280. The van der Waals surface area contributed by atoms with Crippen LogP contribution in [0.15, 0.2) is 41.5 Å². The second-order valence-corrected chi connectivity index (χ2v) is 8.05. The molecule has 0 aromatic carbocycles. The lowest BCUT2D eigenvalue weighted by Crippen LogP contribution is -2.34. The molecule has 0 aliphatic carbocycles. The van der Waals surface area contributed by atoms with Crippen molar-refractivity contribution in [2.24, 2.45) is 7.05 Å². The zero-order valence-corrected chi connectivity index (χ0v) is 17.5. The summed E-state index contributed by atoms with van der Waals surface area (Å²) in [6, 6.07) is 8.10. The van der Waals surface area contributed by atoms with Gasteiger partial charge in [0.05, 0.1) is 28.4 Å². The van der Waals surface area contributed by atoms with Gasteiger partial charge in [-0.3, -0.25) is 14.1 Å². The van der Waals surface area contributed by atoms with Crippen molar-refractivity contribution in [3.05, 3.63) is 47.1 Å². The van der Waals surface area contributed by atoms with E-state index in [1.165, 1.54) is 0 Å². The van der Waals surface area contributed by atoms with E-state index in [1.807, 2.05) is 61.1 Å². The van der Waals surface area contributed by atoms with E-state index in [0.29, 0.717) is 0 Å². The highest BCUT2D eigenvalue weighted by Gasteiger charge is 2.23. The summed E-state index contributed by atoms with van der Waals surface area (Å²) in [4.78, 5) is 29.1. The lowest BCUT2D eigenvalue weighted by atomic mass is 10.1. The van der Waals surface area contributed by atoms with Crippen LogP contribution < -0.4 is 15.9 Å². The molecule has 4 aromatic rings. The number of nitrogens with one attached hydrogen (secondary N) is 1. The van der Waals surface area contributed by atoms with Crippen LogP contribution in [-0.4, -0.2) is 51.3 Å². The summed E-state index contributed by atoms with van der Waals surface area (Å²) in [5.41, 5.74) is 5.00. The fraction of sp³-hybridized carbons (Fsp3) is 0.364. The average molecular weight is 403 g/mol. The fourth-order valence-electron chi connectivity index (χ4n) is 4.25. The number of piperidine rings is 1. The Morgan fingerprint density at radius 2 is 1.87 bits per heavy atom. The Kier molecular flexibility index (Phi) is 4.51. The van der Waals surface area contributed by atoms with Crippen molar-refractivity contribution < 1.29 is 0 Å². The molecule has 30 heavy (non-hydrogen) atoms. The largest absolute Gasteiger partial charge is 0.363 e. The first kappa shape index (κ1) is 18.7. The van der Waals surface area contributed by atoms with E-state index in [2.05, 4.69) is 15.3 Å². The third kappa shape index (κ3) is 2.95. The van der Waals surface area contributed by atoms with Crippen LogP contribution in [-0.2, 0) is 7.05 Å². The summed E-state index contributed by atoms with van der Waals surface area (Å²) >= 11 is 0. The van der Waals surface area contributed by atoms with Gasteiger partial charge in [-0.25, -0.2) is 14.8 Å². The van der Waals surface area contributed by atoms with Gasteiger partial charge in [0.2, 0.25) is 0 Å². The highest BCUT2D eigenvalue weighted by molar-refractivity contribution is 6.00. The second kappa shape index (κ2) is 7.21. The van der Waals surface area contributed by atoms with Gasteiger partial charge < -0.3 is 10.2 Å². The Morgan fingerprint density at radius 3 is 2.57 bits per heavy atom. The minimum Gasteiger partial charge on any atom is -0.363 e. The van der Waals surface area contributed by atoms with Crippen LogP contribution >= 0.6 is 0 Å². The molecule has 5 heterocycles. The third-order valence-electron chi connectivity index (χ3n) is 5.94. The van der Waals surface area contributed by atoms with Crippen LogP contribution in [0.5, 0.6) is 0 Å². The molecule has 0 bridgehead atoms. The highest BCUT2D eigenvalue weighted by atomic mass is 16.1. The molecule has 0 amide bonds. The fourth-order valence-corrected chi connectivity index (χ4v) is 4.25. The normalized spacial score (nSPS) is 15.2. The van der Waals surface area contributed by atoms with Gasteiger partial charge in [-0.15, -0.1) is 0 Å². The summed E-state index contributed by atoms with van der Waals surface area (Å²) in [7, 11) is 5.74. The van der Waals surface area contributed by atoms with Crippen molar-refractivity contribution in [3.8, 4) is 11.3 Å². The number of imidazole rings is 1. The van der Waals surface area contributed by atoms with Crippen LogP contribution in [0.4, 0.5) is 5.82 Å². The molecule has 0 radical (unpaired) electrons. The number of fused-ring (bicyclic) bond motifs is 3. The number of hydrogen-bond donors (Lipinski definition) is 1. The number of aromatic nitrogens is 5. The van der Waals surface area contributed by atoms with Gasteiger partial charge in [-0.05, 0) is 50.2 Å².